The minimum atomic E-state index is -4.23. The number of anilines is 1. The van der Waals surface area contributed by atoms with Crippen LogP contribution in [0.25, 0.3) is 0 Å². The van der Waals surface area contributed by atoms with Crippen LogP contribution in [0.4, 0.5) is 10.1 Å². The summed E-state index contributed by atoms with van der Waals surface area (Å²) in [6.07, 6.45) is 4.30. The zero-order valence-electron chi connectivity index (χ0n) is 22.0. The number of hydrogen-bond acceptors (Lipinski definition) is 4. The van der Waals surface area contributed by atoms with E-state index in [4.69, 9.17) is 0 Å². The first-order valence-electron chi connectivity index (χ1n) is 13.3. The van der Waals surface area contributed by atoms with Gasteiger partial charge in [0.1, 0.15) is 18.4 Å². The summed E-state index contributed by atoms with van der Waals surface area (Å²) in [6.45, 7) is 1.47. The van der Waals surface area contributed by atoms with Crippen LogP contribution in [0.1, 0.15) is 44.6 Å². The molecule has 1 N–H and O–H groups in total. The lowest BCUT2D eigenvalue weighted by molar-refractivity contribution is -0.140. The van der Waals surface area contributed by atoms with Crippen LogP contribution in [0.5, 0.6) is 0 Å². The van der Waals surface area contributed by atoms with Crippen LogP contribution in [-0.2, 0) is 26.2 Å². The summed E-state index contributed by atoms with van der Waals surface area (Å²) < 4.78 is 42.0. The van der Waals surface area contributed by atoms with Gasteiger partial charge in [-0.05, 0) is 61.2 Å². The zero-order valence-corrected chi connectivity index (χ0v) is 22.8. The van der Waals surface area contributed by atoms with Crippen molar-refractivity contribution in [1.82, 2.24) is 10.2 Å². The molecule has 9 heteroatoms. The van der Waals surface area contributed by atoms with Gasteiger partial charge in [-0.15, -0.1) is 0 Å². The lowest BCUT2D eigenvalue weighted by Gasteiger charge is -2.33. The molecule has 0 radical (unpaired) electrons. The molecule has 0 aromatic heterocycles. The SMILES string of the molecule is CC[C@@H](C(=O)NC1CCCC1)N(Cc1ccccc1)C(=O)CN(c1ccccc1)S(=O)(=O)c1ccc(F)cc1. The largest absolute Gasteiger partial charge is 0.352 e. The van der Waals surface area contributed by atoms with E-state index >= 15 is 0 Å². The summed E-state index contributed by atoms with van der Waals surface area (Å²) in [4.78, 5) is 28.7. The third kappa shape index (κ3) is 7.03. The van der Waals surface area contributed by atoms with Gasteiger partial charge in [-0.25, -0.2) is 12.8 Å². The summed E-state index contributed by atoms with van der Waals surface area (Å²) in [6, 6.07) is 21.4. The molecule has 2 amide bonds. The second-order valence-corrected chi connectivity index (χ2v) is 11.6. The van der Waals surface area contributed by atoms with Crippen LogP contribution >= 0.6 is 0 Å². The van der Waals surface area contributed by atoms with Crippen molar-refractivity contribution in [2.24, 2.45) is 0 Å². The fourth-order valence-corrected chi connectivity index (χ4v) is 6.34. The molecule has 0 unspecified atom stereocenters. The number of amides is 2. The Kier molecular flexibility index (Phi) is 9.35. The van der Waals surface area contributed by atoms with Gasteiger partial charge in [0.15, 0.2) is 0 Å². The standard InChI is InChI=1S/C30H34FN3O4S/c1-2-28(30(36)32-25-13-9-10-14-25)33(21-23-11-5-3-6-12-23)29(35)22-34(26-15-7-4-8-16-26)39(37,38)27-19-17-24(31)18-20-27/h3-8,11-12,15-20,25,28H,2,9-10,13-14,21-22H2,1H3,(H,32,36)/t28-/m0/s1. The summed E-state index contributed by atoms with van der Waals surface area (Å²) >= 11 is 0. The van der Waals surface area contributed by atoms with Gasteiger partial charge in [0, 0.05) is 12.6 Å². The molecule has 4 rings (SSSR count). The maximum Gasteiger partial charge on any atom is 0.264 e. The molecule has 3 aromatic rings. The molecule has 39 heavy (non-hydrogen) atoms. The van der Waals surface area contributed by atoms with Crippen LogP contribution in [0, 0.1) is 5.82 Å². The normalized spacial score (nSPS) is 14.5. The van der Waals surface area contributed by atoms with Gasteiger partial charge in [0.2, 0.25) is 11.8 Å². The van der Waals surface area contributed by atoms with E-state index in [1.165, 1.54) is 17.0 Å². The molecule has 1 saturated carbocycles. The van der Waals surface area contributed by atoms with Crippen LogP contribution in [-0.4, -0.2) is 43.8 Å². The Balaban J connectivity index is 1.68. The Hall–Kier alpha value is -3.72. The predicted octanol–water partition coefficient (Wildman–Crippen LogP) is 4.89. The number of hydrogen-bond donors (Lipinski definition) is 1. The second-order valence-electron chi connectivity index (χ2n) is 9.72. The maximum atomic E-state index is 14.0. The minimum absolute atomic E-state index is 0.0832. The van der Waals surface area contributed by atoms with Crippen LogP contribution in [0.3, 0.4) is 0 Å². The van der Waals surface area contributed by atoms with Crippen LogP contribution in [0.15, 0.2) is 89.8 Å². The van der Waals surface area contributed by atoms with Crippen LogP contribution < -0.4 is 9.62 Å². The van der Waals surface area contributed by atoms with Crippen LogP contribution in [0.2, 0.25) is 0 Å². The monoisotopic (exact) mass is 551 g/mol. The number of carbonyl (C=O) groups excluding carboxylic acids is 2. The molecule has 0 bridgehead atoms. The minimum Gasteiger partial charge on any atom is -0.352 e. The summed E-state index contributed by atoms with van der Waals surface area (Å²) in [5.74, 6) is -1.31. The Bertz CT molecular complexity index is 1350. The molecular formula is C30H34FN3O4S. The maximum absolute atomic E-state index is 14.0. The molecule has 1 aliphatic carbocycles. The van der Waals surface area contributed by atoms with Gasteiger partial charge in [-0.3, -0.25) is 13.9 Å². The van der Waals surface area contributed by atoms with Gasteiger partial charge in [0.25, 0.3) is 10.0 Å². The topological polar surface area (TPSA) is 86.8 Å². The molecule has 3 aromatic carbocycles. The number of nitrogens with zero attached hydrogens (tertiary/aromatic N) is 2. The summed E-state index contributed by atoms with van der Waals surface area (Å²) in [5, 5.41) is 3.10. The van der Waals surface area contributed by atoms with Crippen molar-refractivity contribution in [1.29, 1.82) is 0 Å². The number of halogens is 1. The number of benzene rings is 3. The Morgan fingerprint density at radius 1 is 0.923 bits per heavy atom. The highest BCUT2D eigenvalue weighted by atomic mass is 32.2. The van der Waals surface area contributed by atoms with Gasteiger partial charge >= 0.3 is 0 Å². The van der Waals surface area contributed by atoms with Crippen molar-refractivity contribution in [3.8, 4) is 0 Å². The first-order chi connectivity index (χ1) is 18.8. The zero-order chi connectivity index (χ0) is 27.8. The highest BCUT2D eigenvalue weighted by Gasteiger charge is 2.34. The average Bonchev–Trinajstić information content (AvgIpc) is 3.45. The van der Waals surface area contributed by atoms with Gasteiger partial charge in [-0.2, -0.15) is 0 Å². The Labute approximate surface area is 229 Å². The van der Waals surface area contributed by atoms with Crippen molar-refractivity contribution < 1.29 is 22.4 Å². The highest BCUT2D eigenvalue weighted by Crippen LogP contribution is 2.25. The second kappa shape index (κ2) is 12.9. The molecule has 206 valence electrons. The van der Waals surface area contributed by atoms with Crippen molar-refractivity contribution in [3.63, 3.8) is 0 Å². The van der Waals surface area contributed by atoms with Gasteiger partial charge < -0.3 is 10.2 Å². The molecule has 0 heterocycles. The van der Waals surface area contributed by atoms with Crippen molar-refractivity contribution in [2.45, 2.75) is 62.6 Å². The molecule has 7 nitrogen and oxygen atoms in total. The van der Waals surface area contributed by atoms with E-state index in [0.717, 1.165) is 47.7 Å². The van der Waals surface area contributed by atoms with E-state index in [1.807, 2.05) is 37.3 Å². The molecule has 1 fully saturated rings. The van der Waals surface area contributed by atoms with E-state index < -0.39 is 34.3 Å². The van der Waals surface area contributed by atoms with Crippen molar-refractivity contribution in [3.05, 3.63) is 96.3 Å². The quantitative estimate of drug-likeness (QED) is 0.368. The Morgan fingerprint density at radius 2 is 1.51 bits per heavy atom. The van der Waals surface area contributed by atoms with Gasteiger partial charge in [-0.1, -0.05) is 68.3 Å². The molecule has 0 saturated heterocycles. The molecular weight excluding hydrogens is 517 g/mol. The summed E-state index contributed by atoms with van der Waals surface area (Å²) in [7, 11) is -4.23. The lowest BCUT2D eigenvalue weighted by Crippen LogP contribution is -2.53. The Morgan fingerprint density at radius 3 is 2.10 bits per heavy atom. The molecule has 1 atom stereocenters. The van der Waals surface area contributed by atoms with Gasteiger partial charge in [0.05, 0.1) is 10.6 Å². The lowest BCUT2D eigenvalue weighted by atomic mass is 10.1. The summed E-state index contributed by atoms with van der Waals surface area (Å²) in [5.41, 5.74) is 1.11. The highest BCUT2D eigenvalue weighted by molar-refractivity contribution is 7.92. The van der Waals surface area contributed by atoms with Crippen molar-refractivity contribution >= 4 is 27.5 Å². The number of carbonyl (C=O) groups is 2. The van der Waals surface area contributed by atoms with Crippen molar-refractivity contribution in [2.75, 3.05) is 10.8 Å². The van der Waals surface area contributed by atoms with E-state index in [0.29, 0.717) is 12.1 Å². The van der Waals surface area contributed by atoms with E-state index in [1.54, 1.807) is 30.3 Å². The average molecular weight is 552 g/mol. The third-order valence-corrected chi connectivity index (χ3v) is 8.80. The number of nitrogens with one attached hydrogen (secondary N) is 1. The van der Waals surface area contributed by atoms with E-state index in [-0.39, 0.29) is 23.4 Å². The molecule has 0 spiro atoms. The fraction of sp³-hybridized carbons (Fsp3) is 0.333. The number of sulfonamides is 1. The smallest absolute Gasteiger partial charge is 0.264 e. The predicted molar refractivity (Wildman–Crippen MR) is 149 cm³/mol. The molecule has 0 aliphatic heterocycles. The first kappa shape index (κ1) is 28.3. The third-order valence-electron chi connectivity index (χ3n) is 7.01. The molecule has 1 aliphatic rings. The number of para-hydroxylation sites is 1. The fourth-order valence-electron chi connectivity index (χ4n) is 4.92. The van der Waals surface area contributed by atoms with E-state index in [9.17, 15) is 22.4 Å². The van der Waals surface area contributed by atoms with E-state index in [2.05, 4.69) is 5.32 Å². The first-order valence-corrected chi connectivity index (χ1v) is 14.7. The number of rotatable bonds is 11.